The normalized spacial score (nSPS) is 14.0. The summed E-state index contributed by atoms with van der Waals surface area (Å²) >= 11 is 3.31. The number of hydrogen-bond donors (Lipinski definition) is 1. The van der Waals surface area contributed by atoms with Crippen LogP contribution in [0.4, 0.5) is 5.69 Å². The second-order valence-corrected chi connectivity index (χ2v) is 13.9. The van der Waals surface area contributed by atoms with Gasteiger partial charge in [-0.25, -0.2) is 16.8 Å². The number of halogens is 1. The number of ether oxygens (including phenoxy) is 2. The van der Waals surface area contributed by atoms with Crippen LogP contribution in [-0.4, -0.2) is 66.4 Å². The number of nitrogens with zero attached hydrogens (tertiary/aromatic N) is 2. The number of carbonyl (C=O) groups excluding carboxylic acids is 1. The Morgan fingerprint density at radius 1 is 0.854 bits per heavy atom. The summed E-state index contributed by atoms with van der Waals surface area (Å²) in [5.74, 6) is 0.518. The standard InChI is InChI=1S/C28H32BrN3O7S2/c1-2-38-24-9-7-23(8-10-24)32(41(36,37)27-13-5-22(29)6-14-27)21-28(33)30-17-20-39-25-11-15-26(16-12-25)40(34,35)31-18-3-4-19-31/h5-16H,2-4,17-21H2,1H3,(H,30,33). The lowest BCUT2D eigenvalue weighted by molar-refractivity contribution is -0.119. The quantitative estimate of drug-likeness (QED) is 0.274. The summed E-state index contributed by atoms with van der Waals surface area (Å²) in [7, 11) is -7.57. The average Bonchev–Trinajstić information content (AvgIpc) is 3.52. The Labute approximate surface area is 249 Å². The third-order valence-corrected chi connectivity index (χ3v) is 10.6. The summed E-state index contributed by atoms with van der Waals surface area (Å²) in [6, 6.07) is 18.8. The first-order chi connectivity index (χ1) is 19.6. The van der Waals surface area contributed by atoms with Crippen LogP contribution in [-0.2, 0) is 24.8 Å². The maximum Gasteiger partial charge on any atom is 0.264 e. The van der Waals surface area contributed by atoms with E-state index >= 15 is 0 Å². The topological polar surface area (TPSA) is 122 Å². The van der Waals surface area contributed by atoms with E-state index in [0.717, 1.165) is 21.6 Å². The molecular weight excluding hydrogens is 634 g/mol. The molecule has 1 heterocycles. The number of nitrogens with one attached hydrogen (secondary N) is 1. The van der Waals surface area contributed by atoms with Gasteiger partial charge in [0.05, 0.1) is 28.6 Å². The maximum atomic E-state index is 13.5. The van der Waals surface area contributed by atoms with E-state index in [1.807, 2.05) is 6.92 Å². The fourth-order valence-electron chi connectivity index (χ4n) is 4.26. The molecule has 1 aliphatic rings. The molecule has 3 aromatic rings. The van der Waals surface area contributed by atoms with Crippen molar-refractivity contribution in [3.05, 3.63) is 77.3 Å². The molecule has 1 fully saturated rings. The van der Waals surface area contributed by atoms with Crippen LogP contribution in [0.2, 0.25) is 0 Å². The lowest BCUT2D eigenvalue weighted by atomic mass is 10.3. The predicted octanol–water partition coefficient (Wildman–Crippen LogP) is 4.02. The number of benzene rings is 3. The fraction of sp³-hybridized carbons (Fsp3) is 0.321. The van der Waals surface area contributed by atoms with Crippen molar-refractivity contribution in [2.45, 2.75) is 29.6 Å². The van der Waals surface area contributed by atoms with E-state index in [2.05, 4.69) is 21.2 Å². The Morgan fingerprint density at radius 3 is 2.02 bits per heavy atom. The van der Waals surface area contributed by atoms with Crippen LogP contribution in [0.3, 0.4) is 0 Å². The van der Waals surface area contributed by atoms with E-state index in [0.29, 0.717) is 36.9 Å². The molecule has 0 aliphatic carbocycles. The zero-order valence-corrected chi connectivity index (χ0v) is 25.8. The van der Waals surface area contributed by atoms with Crippen molar-refractivity contribution in [2.24, 2.45) is 0 Å². The summed E-state index contributed by atoms with van der Waals surface area (Å²) < 4.78 is 66.7. The Hall–Kier alpha value is -3.13. The molecule has 10 nitrogen and oxygen atoms in total. The lowest BCUT2D eigenvalue weighted by Gasteiger charge is -2.24. The SMILES string of the molecule is CCOc1ccc(N(CC(=O)NCCOc2ccc(S(=O)(=O)N3CCCC3)cc2)S(=O)(=O)c2ccc(Br)cc2)cc1. The van der Waals surface area contributed by atoms with Crippen molar-refractivity contribution in [3.63, 3.8) is 0 Å². The molecule has 0 atom stereocenters. The highest BCUT2D eigenvalue weighted by molar-refractivity contribution is 9.10. The molecule has 3 aromatic carbocycles. The van der Waals surface area contributed by atoms with Gasteiger partial charge in [0.1, 0.15) is 24.7 Å². The first-order valence-corrected chi connectivity index (χ1v) is 16.8. The molecule has 0 radical (unpaired) electrons. The molecule has 220 valence electrons. The summed E-state index contributed by atoms with van der Waals surface area (Å²) in [6.45, 7) is 3.14. The van der Waals surface area contributed by atoms with Gasteiger partial charge in [0.2, 0.25) is 15.9 Å². The smallest absolute Gasteiger partial charge is 0.264 e. The Kier molecular flexibility index (Phi) is 10.3. The van der Waals surface area contributed by atoms with Gasteiger partial charge in [-0.15, -0.1) is 0 Å². The zero-order chi connectivity index (χ0) is 29.5. The molecule has 4 rings (SSSR count). The second-order valence-electron chi connectivity index (χ2n) is 9.17. The van der Waals surface area contributed by atoms with Crippen molar-refractivity contribution in [2.75, 3.05) is 43.7 Å². The van der Waals surface area contributed by atoms with Gasteiger partial charge in [-0.3, -0.25) is 9.10 Å². The fourth-order valence-corrected chi connectivity index (χ4v) is 7.46. The molecule has 0 bridgehead atoms. The maximum absolute atomic E-state index is 13.5. The molecule has 41 heavy (non-hydrogen) atoms. The van der Waals surface area contributed by atoms with Gasteiger partial charge in [-0.2, -0.15) is 4.31 Å². The van der Waals surface area contributed by atoms with Crippen molar-refractivity contribution in [3.8, 4) is 11.5 Å². The summed E-state index contributed by atoms with van der Waals surface area (Å²) in [4.78, 5) is 13.1. The average molecular weight is 667 g/mol. The largest absolute Gasteiger partial charge is 0.494 e. The third-order valence-electron chi connectivity index (χ3n) is 6.34. The van der Waals surface area contributed by atoms with Crippen molar-refractivity contribution in [1.82, 2.24) is 9.62 Å². The molecule has 0 saturated carbocycles. The number of rotatable bonds is 13. The van der Waals surface area contributed by atoms with Gasteiger partial charge in [0.25, 0.3) is 10.0 Å². The Bertz CT molecular complexity index is 1530. The van der Waals surface area contributed by atoms with Gasteiger partial charge in [0.15, 0.2) is 0 Å². The summed E-state index contributed by atoms with van der Waals surface area (Å²) in [5, 5.41) is 2.69. The van der Waals surface area contributed by atoms with E-state index in [-0.39, 0.29) is 22.9 Å². The molecule has 0 aromatic heterocycles. The number of carbonyl (C=O) groups is 1. The minimum atomic E-state index is -4.06. The van der Waals surface area contributed by atoms with Crippen LogP contribution >= 0.6 is 15.9 Å². The summed E-state index contributed by atoms with van der Waals surface area (Å²) in [5.41, 5.74) is 0.312. The van der Waals surface area contributed by atoms with E-state index in [1.165, 1.54) is 28.6 Å². The van der Waals surface area contributed by atoms with Crippen LogP contribution in [0, 0.1) is 0 Å². The van der Waals surface area contributed by atoms with E-state index < -0.39 is 32.5 Å². The van der Waals surface area contributed by atoms with E-state index in [1.54, 1.807) is 48.5 Å². The first-order valence-electron chi connectivity index (χ1n) is 13.1. The molecule has 1 amide bonds. The van der Waals surface area contributed by atoms with Crippen molar-refractivity contribution >= 4 is 47.6 Å². The van der Waals surface area contributed by atoms with Crippen LogP contribution in [0.25, 0.3) is 0 Å². The highest BCUT2D eigenvalue weighted by Gasteiger charge is 2.28. The van der Waals surface area contributed by atoms with Gasteiger partial charge in [0, 0.05) is 17.6 Å². The second kappa shape index (κ2) is 13.7. The molecule has 1 aliphatic heterocycles. The third kappa shape index (κ3) is 7.79. The molecule has 13 heteroatoms. The van der Waals surface area contributed by atoms with Crippen LogP contribution in [0.5, 0.6) is 11.5 Å². The number of sulfonamides is 2. The highest BCUT2D eigenvalue weighted by Crippen LogP contribution is 2.27. The minimum Gasteiger partial charge on any atom is -0.494 e. The number of anilines is 1. The van der Waals surface area contributed by atoms with Gasteiger partial charge in [-0.05, 0) is 92.6 Å². The highest BCUT2D eigenvalue weighted by atomic mass is 79.9. The van der Waals surface area contributed by atoms with Crippen molar-refractivity contribution in [1.29, 1.82) is 0 Å². The predicted molar refractivity (Wildman–Crippen MR) is 159 cm³/mol. The van der Waals surface area contributed by atoms with Crippen molar-refractivity contribution < 1.29 is 31.1 Å². The number of hydrogen-bond acceptors (Lipinski definition) is 7. The molecular formula is C28H32BrN3O7S2. The Balaban J connectivity index is 1.37. The molecule has 1 saturated heterocycles. The van der Waals surface area contributed by atoms with E-state index in [4.69, 9.17) is 9.47 Å². The minimum absolute atomic E-state index is 0.0425. The number of amides is 1. The molecule has 0 spiro atoms. The van der Waals surface area contributed by atoms with Crippen LogP contribution < -0.4 is 19.1 Å². The summed E-state index contributed by atoms with van der Waals surface area (Å²) in [6.07, 6.45) is 1.72. The van der Waals surface area contributed by atoms with Gasteiger partial charge < -0.3 is 14.8 Å². The lowest BCUT2D eigenvalue weighted by Crippen LogP contribution is -2.41. The molecule has 0 unspecified atom stereocenters. The van der Waals surface area contributed by atoms with Gasteiger partial charge >= 0.3 is 0 Å². The monoisotopic (exact) mass is 665 g/mol. The first kappa shape index (κ1) is 30.8. The van der Waals surface area contributed by atoms with E-state index in [9.17, 15) is 21.6 Å². The zero-order valence-electron chi connectivity index (χ0n) is 22.5. The van der Waals surface area contributed by atoms with Gasteiger partial charge in [-0.1, -0.05) is 15.9 Å². The van der Waals surface area contributed by atoms with Crippen LogP contribution in [0.15, 0.2) is 87.1 Å². The van der Waals surface area contributed by atoms with Crippen LogP contribution in [0.1, 0.15) is 19.8 Å². The molecule has 1 N–H and O–H groups in total. The Morgan fingerprint density at radius 2 is 1.41 bits per heavy atom.